The molecule has 100 valence electrons. The molecule has 1 amide bonds. The molecule has 6 heteroatoms. The Hall–Kier alpha value is -2.68. The molecule has 0 fully saturated rings. The van der Waals surface area contributed by atoms with E-state index in [4.69, 9.17) is 22.0 Å². The fourth-order valence-corrected chi connectivity index (χ4v) is 1.51. The number of aliphatic carboxylic acids is 1. The lowest BCUT2D eigenvalue weighted by Gasteiger charge is -2.19. The van der Waals surface area contributed by atoms with Gasteiger partial charge in [0.2, 0.25) is 0 Å². The van der Waals surface area contributed by atoms with Crippen molar-refractivity contribution in [3.8, 4) is 18.1 Å². The van der Waals surface area contributed by atoms with Crippen LogP contribution in [0.3, 0.4) is 0 Å². The Morgan fingerprint density at radius 1 is 1.53 bits per heavy atom. The first-order valence-corrected chi connectivity index (χ1v) is 5.37. The normalized spacial score (nSPS) is 9.47. The number of methoxy groups -OCH3 is 1. The number of amides is 1. The highest BCUT2D eigenvalue weighted by molar-refractivity contribution is 6.00. The fourth-order valence-electron chi connectivity index (χ4n) is 1.51. The van der Waals surface area contributed by atoms with Gasteiger partial charge in [-0.1, -0.05) is 5.92 Å². The van der Waals surface area contributed by atoms with Crippen LogP contribution >= 0.6 is 0 Å². The zero-order chi connectivity index (χ0) is 14.4. The summed E-state index contributed by atoms with van der Waals surface area (Å²) in [4.78, 5) is 23.9. The minimum Gasteiger partial charge on any atom is -0.497 e. The summed E-state index contributed by atoms with van der Waals surface area (Å²) >= 11 is 0. The van der Waals surface area contributed by atoms with Crippen LogP contribution < -0.4 is 10.5 Å². The van der Waals surface area contributed by atoms with Crippen molar-refractivity contribution in [1.29, 1.82) is 0 Å². The van der Waals surface area contributed by atoms with Crippen LogP contribution in [-0.4, -0.2) is 42.1 Å². The van der Waals surface area contributed by atoms with E-state index in [2.05, 4.69) is 5.92 Å². The molecule has 0 heterocycles. The van der Waals surface area contributed by atoms with E-state index in [0.29, 0.717) is 5.75 Å². The van der Waals surface area contributed by atoms with Crippen LogP contribution in [0.2, 0.25) is 0 Å². The van der Waals surface area contributed by atoms with E-state index in [-0.39, 0.29) is 17.8 Å². The molecule has 19 heavy (non-hydrogen) atoms. The van der Waals surface area contributed by atoms with Gasteiger partial charge >= 0.3 is 5.97 Å². The zero-order valence-electron chi connectivity index (χ0n) is 10.4. The Kier molecular flexibility index (Phi) is 4.77. The number of benzene rings is 1. The molecule has 6 nitrogen and oxygen atoms in total. The predicted molar refractivity (Wildman–Crippen MR) is 69.8 cm³/mol. The number of hydrogen-bond donors (Lipinski definition) is 2. The molecule has 3 N–H and O–H groups in total. The van der Waals surface area contributed by atoms with Gasteiger partial charge < -0.3 is 20.5 Å². The predicted octanol–water partition coefficient (Wildman–Crippen LogP) is 0.437. The molecule has 0 aliphatic heterocycles. The van der Waals surface area contributed by atoms with E-state index in [1.54, 1.807) is 6.07 Å². The number of terminal acetylenes is 1. The lowest BCUT2D eigenvalue weighted by molar-refractivity contribution is -0.137. The van der Waals surface area contributed by atoms with E-state index in [1.807, 2.05) is 0 Å². The highest BCUT2D eigenvalue weighted by atomic mass is 16.5. The second kappa shape index (κ2) is 6.31. The number of nitrogens with two attached hydrogens (primary N) is 1. The van der Waals surface area contributed by atoms with Gasteiger partial charge in [0.05, 0.1) is 19.2 Å². The smallest absolute Gasteiger partial charge is 0.323 e. The first-order chi connectivity index (χ1) is 8.99. The molecule has 0 aromatic heterocycles. The Labute approximate surface area is 110 Å². The van der Waals surface area contributed by atoms with Crippen molar-refractivity contribution >= 4 is 17.6 Å². The number of carboxylic acid groups (broad SMARTS) is 1. The van der Waals surface area contributed by atoms with Crippen LogP contribution in [0.5, 0.6) is 5.75 Å². The second-order valence-corrected chi connectivity index (χ2v) is 3.71. The van der Waals surface area contributed by atoms with Gasteiger partial charge in [0.1, 0.15) is 12.3 Å². The molecular formula is C13H14N2O4. The third kappa shape index (κ3) is 3.64. The van der Waals surface area contributed by atoms with Gasteiger partial charge in [-0.15, -0.1) is 6.42 Å². The van der Waals surface area contributed by atoms with E-state index in [9.17, 15) is 9.59 Å². The highest BCUT2D eigenvalue weighted by Gasteiger charge is 2.19. The first-order valence-electron chi connectivity index (χ1n) is 5.37. The third-order valence-electron chi connectivity index (χ3n) is 2.38. The standard InChI is InChI=1S/C13H14N2O4/c1-3-6-15(8-12(16)17)13(18)10-5-4-9(19-2)7-11(10)14/h1,4-5,7H,6,8,14H2,2H3,(H,16,17). The summed E-state index contributed by atoms with van der Waals surface area (Å²) in [6.07, 6.45) is 5.12. The van der Waals surface area contributed by atoms with Crippen molar-refractivity contribution in [2.24, 2.45) is 0 Å². The Morgan fingerprint density at radius 2 is 2.21 bits per heavy atom. The van der Waals surface area contributed by atoms with E-state index >= 15 is 0 Å². The zero-order valence-corrected chi connectivity index (χ0v) is 10.4. The van der Waals surface area contributed by atoms with Crippen molar-refractivity contribution < 1.29 is 19.4 Å². The number of carbonyl (C=O) groups is 2. The maximum atomic E-state index is 12.1. The molecular weight excluding hydrogens is 248 g/mol. The Balaban J connectivity index is 3.02. The second-order valence-electron chi connectivity index (χ2n) is 3.71. The Bertz CT molecular complexity index is 534. The summed E-state index contributed by atoms with van der Waals surface area (Å²) in [5.74, 6) is 1.08. The molecule has 0 saturated carbocycles. The summed E-state index contributed by atoms with van der Waals surface area (Å²) in [5.41, 5.74) is 6.13. The molecule has 0 bridgehead atoms. The number of nitrogen functional groups attached to an aromatic ring is 1. The number of nitrogens with zero attached hydrogens (tertiary/aromatic N) is 1. The largest absolute Gasteiger partial charge is 0.497 e. The quantitative estimate of drug-likeness (QED) is 0.593. The van der Waals surface area contributed by atoms with Crippen LogP contribution in [0, 0.1) is 12.3 Å². The van der Waals surface area contributed by atoms with Crippen molar-refractivity contribution in [2.45, 2.75) is 0 Å². The van der Waals surface area contributed by atoms with Gasteiger partial charge in [-0.05, 0) is 12.1 Å². The maximum absolute atomic E-state index is 12.1. The molecule has 0 unspecified atom stereocenters. The van der Waals surface area contributed by atoms with E-state index in [0.717, 1.165) is 4.90 Å². The molecule has 1 rings (SSSR count). The number of ether oxygens (including phenoxy) is 1. The van der Waals surface area contributed by atoms with Crippen LogP contribution in [-0.2, 0) is 4.79 Å². The molecule has 0 aliphatic rings. The number of anilines is 1. The number of rotatable bonds is 5. The van der Waals surface area contributed by atoms with E-state index in [1.165, 1.54) is 19.2 Å². The molecule has 0 aliphatic carbocycles. The van der Waals surface area contributed by atoms with E-state index < -0.39 is 18.4 Å². The monoisotopic (exact) mass is 262 g/mol. The summed E-state index contributed by atoms with van der Waals surface area (Å²) in [6.45, 7) is -0.578. The van der Waals surface area contributed by atoms with Gasteiger partial charge in [-0.25, -0.2) is 0 Å². The average molecular weight is 262 g/mol. The van der Waals surface area contributed by atoms with Crippen LogP contribution in [0.15, 0.2) is 18.2 Å². The fraction of sp³-hybridized carbons (Fsp3) is 0.231. The van der Waals surface area contributed by atoms with Crippen molar-refractivity contribution in [3.05, 3.63) is 23.8 Å². The molecule has 1 aromatic carbocycles. The van der Waals surface area contributed by atoms with Gasteiger partial charge in [-0.3, -0.25) is 9.59 Å². The third-order valence-corrected chi connectivity index (χ3v) is 2.38. The number of carboxylic acids is 1. The Morgan fingerprint density at radius 3 is 2.68 bits per heavy atom. The van der Waals surface area contributed by atoms with Gasteiger partial charge in [-0.2, -0.15) is 0 Å². The van der Waals surface area contributed by atoms with Crippen LogP contribution in [0.25, 0.3) is 0 Å². The first kappa shape index (κ1) is 14.4. The average Bonchev–Trinajstić information content (AvgIpc) is 2.36. The molecule has 0 spiro atoms. The van der Waals surface area contributed by atoms with Crippen LogP contribution in [0.4, 0.5) is 5.69 Å². The lowest BCUT2D eigenvalue weighted by Crippen LogP contribution is -2.36. The molecule has 0 saturated heterocycles. The summed E-state index contributed by atoms with van der Waals surface area (Å²) in [7, 11) is 1.48. The topological polar surface area (TPSA) is 92.9 Å². The highest BCUT2D eigenvalue weighted by Crippen LogP contribution is 2.20. The minimum absolute atomic E-state index is 0.101. The SMILES string of the molecule is C#CCN(CC(=O)O)C(=O)c1ccc(OC)cc1N. The number of hydrogen-bond acceptors (Lipinski definition) is 4. The van der Waals surface area contributed by atoms with Crippen molar-refractivity contribution in [1.82, 2.24) is 4.90 Å². The summed E-state index contributed by atoms with van der Waals surface area (Å²) < 4.78 is 4.97. The van der Waals surface area contributed by atoms with Crippen LogP contribution in [0.1, 0.15) is 10.4 Å². The molecule has 0 atom stereocenters. The minimum atomic E-state index is -1.14. The van der Waals surface area contributed by atoms with Crippen molar-refractivity contribution in [3.63, 3.8) is 0 Å². The van der Waals surface area contributed by atoms with Gasteiger partial charge in [0.25, 0.3) is 5.91 Å². The van der Waals surface area contributed by atoms with Gasteiger partial charge in [0, 0.05) is 11.8 Å². The summed E-state index contributed by atoms with van der Waals surface area (Å²) in [6, 6.07) is 4.53. The summed E-state index contributed by atoms with van der Waals surface area (Å²) in [5, 5.41) is 8.74. The number of carbonyl (C=O) groups excluding carboxylic acids is 1. The molecule has 0 radical (unpaired) electrons. The van der Waals surface area contributed by atoms with Crippen molar-refractivity contribution in [2.75, 3.05) is 25.9 Å². The maximum Gasteiger partial charge on any atom is 0.323 e. The van der Waals surface area contributed by atoms with Gasteiger partial charge in [0.15, 0.2) is 0 Å². The lowest BCUT2D eigenvalue weighted by atomic mass is 10.1. The molecule has 1 aromatic rings.